The minimum Gasteiger partial charge on any atom is -0.380 e. The van der Waals surface area contributed by atoms with Gasteiger partial charge in [0.2, 0.25) is 10.0 Å². The topological polar surface area (TPSA) is 79.0 Å². The lowest BCUT2D eigenvalue weighted by Gasteiger charge is -2.19. The molecular formula is C18H27N3O4S. The monoisotopic (exact) mass is 381 g/mol. The van der Waals surface area contributed by atoms with Crippen LogP contribution in [0.5, 0.6) is 0 Å². The molecule has 2 aliphatic rings. The molecule has 0 spiro atoms. The van der Waals surface area contributed by atoms with E-state index in [9.17, 15) is 13.2 Å². The Morgan fingerprint density at radius 1 is 1.08 bits per heavy atom. The number of hydrogen-bond acceptors (Lipinski definition) is 5. The van der Waals surface area contributed by atoms with Crippen LogP contribution < -0.4 is 5.32 Å². The van der Waals surface area contributed by atoms with Gasteiger partial charge in [0.15, 0.2) is 0 Å². The van der Waals surface area contributed by atoms with Crippen molar-refractivity contribution in [1.82, 2.24) is 14.5 Å². The van der Waals surface area contributed by atoms with Gasteiger partial charge in [0.1, 0.15) is 0 Å². The highest BCUT2D eigenvalue weighted by Gasteiger charge is 2.26. The summed E-state index contributed by atoms with van der Waals surface area (Å²) in [5.74, 6) is -0.236. The molecule has 1 aromatic carbocycles. The molecule has 1 aromatic rings. The van der Waals surface area contributed by atoms with Crippen LogP contribution >= 0.6 is 0 Å². The summed E-state index contributed by atoms with van der Waals surface area (Å²) in [6.07, 6.45) is 3.11. The molecule has 26 heavy (non-hydrogen) atoms. The molecule has 2 saturated heterocycles. The van der Waals surface area contributed by atoms with Crippen LogP contribution in [0.25, 0.3) is 0 Å². The molecule has 0 radical (unpaired) electrons. The molecule has 2 fully saturated rings. The first-order valence-electron chi connectivity index (χ1n) is 9.26. The van der Waals surface area contributed by atoms with Crippen molar-refractivity contribution in [2.75, 3.05) is 52.5 Å². The number of likely N-dealkylation sites (tertiary alicyclic amines) is 1. The van der Waals surface area contributed by atoms with E-state index in [1.165, 1.54) is 23.2 Å². The Labute approximate surface area is 155 Å². The van der Waals surface area contributed by atoms with E-state index in [1.54, 1.807) is 18.2 Å². The number of carbonyl (C=O) groups is 1. The average molecular weight is 381 g/mol. The van der Waals surface area contributed by atoms with Crippen molar-refractivity contribution in [2.45, 2.75) is 24.2 Å². The first-order valence-corrected chi connectivity index (χ1v) is 10.7. The largest absolute Gasteiger partial charge is 0.380 e. The number of hydrogen-bond donors (Lipinski definition) is 1. The van der Waals surface area contributed by atoms with Crippen LogP contribution in [-0.2, 0) is 14.8 Å². The third-order valence-electron chi connectivity index (χ3n) is 4.83. The van der Waals surface area contributed by atoms with Gasteiger partial charge in [-0.2, -0.15) is 4.31 Å². The number of rotatable bonds is 6. The van der Waals surface area contributed by atoms with Gasteiger partial charge in [-0.3, -0.25) is 4.79 Å². The molecule has 3 rings (SSSR count). The highest BCUT2D eigenvalue weighted by Crippen LogP contribution is 2.18. The second-order valence-corrected chi connectivity index (χ2v) is 8.64. The summed E-state index contributed by atoms with van der Waals surface area (Å²) in [5.41, 5.74) is 0.374. The highest BCUT2D eigenvalue weighted by atomic mass is 32.2. The maximum absolute atomic E-state index is 12.8. The number of ether oxygens (including phenoxy) is 1. The quantitative estimate of drug-likeness (QED) is 0.793. The Morgan fingerprint density at radius 3 is 2.69 bits per heavy atom. The first kappa shape index (κ1) is 19.3. The van der Waals surface area contributed by atoms with Crippen LogP contribution in [0.4, 0.5) is 0 Å². The van der Waals surface area contributed by atoms with Crippen molar-refractivity contribution < 1.29 is 17.9 Å². The number of amides is 1. The second kappa shape index (κ2) is 8.94. The van der Waals surface area contributed by atoms with Crippen LogP contribution in [0.2, 0.25) is 0 Å². The zero-order chi connectivity index (χ0) is 18.4. The van der Waals surface area contributed by atoms with Gasteiger partial charge in [0.05, 0.1) is 11.5 Å². The lowest BCUT2D eigenvalue weighted by atomic mass is 10.2. The molecule has 0 bridgehead atoms. The summed E-state index contributed by atoms with van der Waals surface area (Å²) >= 11 is 0. The summed E-state index contributed by atoms with van der Waals surface area (Å²) in [7, 11) is -3.61. The van der Waals surface area contributed by atoms with Gasteiger partial charge in [-0.25, -0.2) is 8.42 Å². The van der Waals surface area contributed by atoms with Gasteiger partial charge in [-0.1, -0.05) is 6.07 Å². The Hall–Kier alpha value is -1.48. The lowest BCUT2D eigenvalue weighted by molar-refractivity contribution is 0.0949. The standard InChI is InChI=1S/C18H27N3O4S/c22-18(19-7-11-20-8-1-2-9-20)16-5-3-6-17(15-16)26(23,24)21-10-4-13-25-14-12-21/h3,5-6,15H,1-2,4,7-14H2,(H,19,22). The van der Waals surface area contributed by atoms with Gasteiger partial charge in [-0.05, 0) is 50.6 Å². The van der Waals surface area contributed by atoms with Gasteiger partial charge in [-0.15, -0.1) is 0 Å². The van der Waals surface area contributed by atoms with Crippen LogP contribution in [0.1, 0.15) is 29.6 Å². The van der Waals surface area contributed by atoms with Crippen LogP contribution in [-0.4, -0.2) is 76.0 Å². The van der Waals surface area contributed by atoms with Gasteiger partial charge in [0, 0.05) is 38.3 Å². The molecule has 8 heteroatoms. The Bertz CT molecular complexity index is 709. The van der Waals surface area contributed by atoms with Gasteiger partial charge in [0.25, 0.3) is 5.91 Å². The van der Waals surface area contributed by atoms with Crippen molar-refractivity contribution in [2.24, 2.45) is 0 Å². The normalized spacial score (nSPS) is 20.0. The summed E-state index contributed by atoms with van der Waals surface area (Å²) in [6, 6.07) is 6.28. The van der Waals surface area contributed by atoms with Crippen molar-refractivity contribution in [3.8, 4) is 0 Å². The maximum atomic E-state index is 12.8. The van der Waals surface area contributed by atoms with Crippen LogP contribution in [0, 0.1) is 0 Å². The number of sulfonamides is 1. The van der Waals surface area contributed by atoms with E-state index < -0.39 is 10.0 Å². The fourth-order valence-corrected chi connectivity index (χ4v) is 4.86. The van der Waals surface area contributed by atoms with E-state index in [-0.39, 0.29) is 10.8 Å². The molecule has 0 atom stereocenters. The molecule has 2 heterocycles. The predicted octanol–water partition coefficient (Wildman–Crippen LogP) is 0.923. The van der Waals surface area contributed by atoms with E-state index in [0.29, 0.717) is 44.8 Å². The van der Waals surface area contributed by atoms with E-state index in [0.717, 1.165) is 19.6 Å². The second-order valence-electron chi connectivity index (χ2n) is 6.70. The molecule has 7 nitrogen and oxygen atoms in total. The molecule has 0 saturated carbocycles. The van der Waals surface area contributed by atoms with E-state index in [2.05, 4.69) is 10.2 Å². The first-order chi connectivity index (χ1) is 12.6. The molecule has 2 aliphatic heterocycles. The smallest absolute Gasteiger partial charge is 0.251 e. The van der Waals surface area contributed by atoms with Crippen molar-refractivity contribution in [3.05, 3.63) is 29.8 Å². The van der Waals surface area contributed by atoms with Crippen LogP contribution in [0.3, 0.4) is 0 Å². The summed E-state index contributed by atoms with van der Waals surface area (Å²) in [4.78, 5) is 14.9. The summed E-state index contributed by atoms with van der Waals surface area (Å²) in [6.45, 7) is 5.33. The Kier molecular flexibility index (Phi) is 6.63. The summed E-state index contributed by atoms with van der Waals surface area (Å²) in [5, 5.41) is 2.89. The van der Waals surface area contributed by atoms with Crippen molar-refractivity contribution in [1.29, 1.82) is 0 Å². The average Bonchev–Trinajstić information content (AvgIpc) is 3.00. The minimum absolute atomic E-state index is 0.159. The fourth-order valence-electron chi connectivity index (χ4n) is 3.35. The Balaban J connectivity index is 1.63. The molecule has 1 amide bonds. The third-order valence-corrected chi connectivity index (χ3v) is 6.72. The van der Waals surface area contributed by atoms with Crippen LogP contribution in [0.15, 0.2) is 29.2 Å². The molecular weight excluding hydrogens is 354 g/mol. The molecule has 1 N–H and O–H groups in total. The number of nitrogens with zero attached hydrogens (tertiary/aromatic N) is 2. The number of carbonyl (C=O) groups excluding carboxylic acids is 1. The van der Waals surface area contributed by atoms with Gasteiger partial charge >= 0.3 is 0 Å². The van der Waals surface area contributed by atoms with E-state index in [4.69, 9.17) is 4.74 Å². The lowest BCUT2D eigenvalue weighted by Crippen LogP contribution is -2.34. The fraction of sp³-hybridized carbons (Fsp3) is 0.611. The molecule has 0 aromatic heterocycles. The predicted molar refractivity (Wildman–Crippen MR) is 98.6 cm³/mol. The number of benzene rings is 1. The van der Waals surface area contributed by atoms with E-state index in [1.807, 2.05) is 0 Å². The number of nitrogens with one attached hydrogen (secondary N) is 1. The van der Waals surface area contributed by atoms with Crippen molar-refractivity contribution >= 4 is 15.9 Å². The van der Waals surface area contributed by atoms with E-state index >= 15 is 0 Å². The highest BCUT2D eigenvalue weighted by molar-refractivity contribution is 7.89. The molecule has 0 aliphatic carbocycles. The third kappa shape index (κ3) is 4.82. The Morgan fingerprint density at radius 2 is 1.88 bits per heavy atom. The summed E-state index contributed by atoms with van der Waals surface area (Å²) < 4.78 is 32.4. The van der Waals surface area contributed by atoms with Gasteiger partial charge < -0.3 is 15.0 Å². The zero-order valence-corrected chi connectivity index (χ0v) is 15.8. The molecule has 0 unspecified atom stereocenters. The zero-order valence-electron chi connectivity index (χ0n) is 15.0. The maximum Gasteiger partial charge on any atom is 0.251 e. The SMILES string of the molecule is O=C(NCCN1CCCC1)c1cccc(S(=O)(=O)N2CCCOCC2)c1. The van der Waals surface area contributed by atoms with Crippen molar-refractivity contribution in [3.63, 3.8) is 0 Å². The molecule has 144 valence electrons. The minimum atomic E-state index is -3.61.